The summed E-state index contributed by atoms with van der Waals surface area (Å²) in [5.41, 5.74) is 2.85. The van der Waals surface area contributed by atoms with Crippen molar-refractivity contribution in [3.8, 4) is 0 Å². The summed E-state index contributed by atoms with van der Waals surface area (Å²) in [6, 6.07) is 9.24. The third-order valence-corrected chi connectivity index (χ3v) is 5.49. The fourth-order valence-electron chi connectivity index (χ4n) is 3.56. The van der Waals surface area contributed by atoms with E-state index < -0.39 is 0 Å². The molecule has 0 unspecified atom stereocenters. The summed E-state index contributed by atoms with van der Waals surface area (Å²) in [5, 5.41) is 7.08. The molecule has 1 aliphatic heterocycles. The number of piperidine rings is 1. The molecule has 0 spiro atoms. The van der Waals surface area contributed by atoms with E-state index >= 15 is 0 Å². The number of aryl methyl sites for hydroxylation is 1. The number of nitrogens with one attached hydrogen (secondary N) is 2. The molecule has 1 aliphatic rings. The van der Waals surface area contributed by atoms with Crippen molar-refractivity contribution < 1.29 is 0 Å². The van der Waals surface area contributed by atoms with Gasteiger partial charge in [0.1, 0.15) is 0 Å². The van der Waals surface area contributed by atoms with Crippen LogP contribution in [0.1, 0.15) is 43.7 Å². The Bertz CT molecular complexity index is 570. The lowest BCUT2D eigenvalue weighted by Crippen LogP contribution is -2.49. The molecule has 0 aliphatic carbocycles. The maximum Gasteiger partial charge on any atom is 0.191 e. The fraction of sp³-hybridized carbons (Fsp3) is 0.682. The van der Waals surface area contributed by atoms with E-state index in [-0.39, 0.29) is 24.0 Å². The Balaban J connectivity index is 0.00000392. The molecule has 0 atom stereocenters. The zero-order valence-electron chi connectivity index (χ0n) is 18.2. The standard InChI is InChI=1S/C22H39N5.HI/c1-5-6-14-26(4)17-13-24-22(23-3)25-21-11-15-27(16-12-21)18-20-10-8-7-9-19(20)2;/h7-10,21H,5-6,11-18H2,1-4H3,(H2,23,24,25);1H. The Morgan fingerprint density at radius 2 is 1.93 bits per heavy atom. The van der Waals surface area contributed by atoms with Gasteiger partial charge < -0.3 is 15.5 Å². The van der Waals surface area contributed by atoms with Crippen LogP contribution in [0.4, 0.5) is 0 Å². The Morgan fingerprint density at radius 1 is 1.21 bits per heavy atom. The smallest absolute Gasteiger partial charge is 0.191 e. The quantitative estimate of drug-likeness (QED) is 0.309. The lowest BCUT2D eigenvalue weighted by molar-refractivity contribution is 0.198. The van der Waals surface area contributed by atoms with E-state index in [9.17, 15) is 0 Å². The van der Waals surface area contributed by atoms with Gasteiger partial charge in [-0.1, -0.05) is 37.6 Å². The molecule has 1 aromatic carbocycles. The highest BCUT2D eigenvalue weighted by Crippen LogP contribution is 2.16. The number of hydrogen-bond acceptors (Lipinski definition) is 3. The van der Waals surface area contributed by atoms with Crippen LogP contribution in [0.5, 0.6) is 0 Å². The van der Waals surface area contributed by atoms with Crippen molar-refractivity contribution >= 4 is 29.9 Å². The van der Waals surface area contributed by atoms with Crippen molar-refractivity contribution in [3.05, 3.63) is 35.4 Å². The fourth-order valence-corrected chi connectivity index (χ4v) is 3.56. The Labute approximate surface area is 189 Å². The van der Waals surface area contributed by atoms with E-state index in [2.05, 4.69) is 70.6 Å². The van der Waals surface area contributed by atoms with Crippen LogP contribution in [0, 0.1) is 6.92 Å². The molecule has 28 heavy (non-hydrogen) atoms. The number of likely N-dealkylation sites (N-methyl/N-ethyl adjacent to an activating group) is 1. The van der Waals surface area contributed by atoms with Gasteiger partial charge in [-0.2, -0.15) is 0 Å². The van der Waals surface area contributed by atoms with Crippen molar-refractivity contribution in [1.82, 2.24) is 20.4 Å². The van der Waals surface area contributed by atoms with Gasteiger partial charge in [-0.15, -0.1) is 24.0 Å². The van der Waals surface area contributed by atoms with E-state index in [4.69, 9.17) is 0 Å². The van der Waals surface area contributed by atoms with Gasteiger partial charge in [0.2, 0.25) is 0 Å². The van der Waals surface area contributed by atoms with E-state index in [1.54, 1.807) is 0 Å². The topological polar surface area (TPSA) is 42.9 Å². The monoisotopic (exact) mass is 501 g/mol. The van der Waals surface area contributed by atoms with Crippen LogP contribution in [0.3, 0.4) is 0 Å². The van der Waals surface area contributed by atoms with E-state index in [1.807, 2.05) is 7.05 Å². The van der Waals surface area contributed by atoms with Gasteiger partial charge in [-0.3, -0.25) is 9.89 Å². The lowest BCUT2D eigenvalue weighted by Gasteiger charge is -2.33. The first-order chi connectivity index (χ1) is 13.1. The van der Waals surface area contributed by atoms with Gasteiger partial charge in [-0.25, -0.2) is 0 Å². The number of benzene rings is 1. The first-order valence-corrected chi connectivity index (χ1v) is 10.5. The van der Waals surface area contributed by atoms with Crippen molar-refractivity contribution in [2.45, 2.75) is 52.1 Å². The predicted molar refractivity (Wildman–Crippen MR) is 132 cm³/mol. The molecule has 0 amide bonds. The molecule has 0 bridgehead atoms. The average molecular weight is 502 g/mol. The second-order valence-electron chi connectivity index (χ2n) is 7.78. The third kappa shape index (κ3) is 9.09. The lowest BCUT2D eigenvalue weighted by atomic mass is 10.0. The normalized spacial score (nSPS) is 16.1. The Hall–Kier alpha value is -0.860. The second kappa shape index (κ2) is 14.2. The minimum absolute atomic E-state index is 0. The molecule has 0 aromatic heterocycles. The number of rotatable bonds is 9. The number of likely N-dealkylation sites (tertiary alicyclic amines) is 1. The summed E-state index contributed by atoms with van der Waals surface area (Å²) >= 11 is 0. The highest BCUT2D eigenvalue weighted by atomic mass is 127. The summed E-state index contributed by atoms with van der Waals surface area (Å²) in [7, 11) is 4.06. The molecule has 160 valence electrons. The molecule has 1 saturated heterocycles. The molecule has 5 nitrogen and oxygen atoms in total. The first-order valence-electron chi connectivity index (χ1n) is 10.5. The number of hydrogen-bond donors (Lipinski definition) is 2. The number of unbranched alkanes of at least 4 members (excludes halogenated alkanes) is 1. The molecule has 2 rings (SSSR count). The van der Waals surface area contributed by atoms with Crippen LogP contribution in [0.25, 0.3) is 0 Å². The van der Waals surface area contributed by atoms with Crippen molar-refractivity contribution in [1.29, 1.82) is 0 Å². The summed E-state index contributed by atoms with van der Waals surface area (Å²) in [6.45, 7) is 11.0. The molecule has 0 radical (unpaired) electrons. The van der Waals surface area contributed by atoms with Crippen molar-refractivity contribution in [2.24, 2.45) is 4.99 Å². The zero-order valence-corrected chi connectivity index (χ0v) is 20.5. The summed E-state index contributed by atoms with van der Waals surface area (Å²) in [5.74, 6) is 0.941. The second-order valence-corrected chi connectivity index (χ2v) is 7.78. The Kier molecular flexibility index (Phi) is 12.7. The molecule has 0 saturated carbocycles. The van der Waals surface area contributed by atoms with Crippen LogP contribution in [-0.2, 0) is 6.54 Å². The maximum absolute atomic E-state index is 4.40. The Morgan fingerprint density at radius 3 is 2.57 bits per heavy atom. The van der Waals surface area contributed by atoms with Gasteiger partial charge in [0.05, 0.1) is 0 Å². The molecule has 6 heteroatoms. The highest BCUT2D eigenvalue weighted by molar-refractivity contribution is 14.0. The third-order valence-electron chi connectivity index (χ3n) is 5.49. The number of guanidine groups is 1. The van der Waals surface area contributed by atoms with Gasteiger partial charge in [0.25, 0.3) is 0 Å². The van der Waals surface area contributed by atoms with E-state index in [0.717, 1.165) is 38.7 Å². The van der Waals surface area contributed by atoms with Crippen molar-refractivity contribution in [3.63, 3.8) is 0 Å². The largest absolute Gasteiger partial charge is 0.355 e. The number of halogens is 1. The zero-order chi connectivity index (χ0) is 19.5. The average Bonchev–Trinajstić information content (AvgIpc) is 2.68. The van der Waals surface area contributed by atoms with Crippen LogP contribution >= 0.6 is 24.0 Å². The van der Waals surface area contributed by atoms with Crippen LogP contribution in [0.15, 0.2) is 29.3 Å². The minimum atomic E-state index is 0. The predicted octanol–water partition coefficient (Wildman–Crippen LogP) is 3.47. The van der Waals surface area contributed by atoms with Crippen molar-refractivity contribution in [2.75, 3.05) is 46.8 Å². The van der Waals surface area contributed by atoms with Gasteiger partial charge in [0, 0.05) is 45.8 Å². The minimum Gasteiger partial charge on any atom is -0.355 e. The van der Waals surface area contributed by atoms with Gasteiger partial charge in [-0.05, 0) is 50.9 Å². The molecular weight excluding hydrogens is 461 g/mol. The number of nitrogens with zero attached hydrogens (tertiary/aromatic N) is 3. The highest BCUT2D eigenvalue weighted by Gasteiger charge is 2.20. The molecular formula is C22H40IN5. The summed E-state index contributed by atoms with van der Waals surface area (Å²) in [4.78, 5) is 9.35. The van der Waals surface area contributed by atoms with Crippen LogP contribution in [0.2, 0.25) is 0 Å². The van der Waals surface area contributed by atoms with Gasteiger partial charge >= 0.3 is 0 Å². The SMILES string of the molecule is CCCCN(C)CCNC(=NC)NC1CCN(Cc2ccccc2C)CC1.I. The molecule has 1 fully saturated rings. The first kappa shape index (κ1) is 25.2. The molecule has 2 N–H and O–H groups in total. The summed E-state index contributed by atoms with van der Waals surface area (Å²) in [6.07, 6.45) is 4.86. The molecule has 1 heterocycles. The summed E-state index contributed by atoms with van der Waals surface area (Å²) < 4.78 is 0. The molecule has 1 aromatic rings. The maximum atomic E-state index is 4.40. The van der Waals surface area contributed by atoms with Crippen LogP contribution in [-0.4, -0.2) is 68.6 Å². The van der Waals surface area contributed by atoms with E-state index in [0.29, 0.717) is 6.04 Å². The number of aliphatic imine (C=N–C) groups is 1. The van der Waals surface area contributed by atoms with Gasteiger partial charge in [0.15, 0.2) is 5.96 Å². The van der Waals surface area contributed by atoms with Crippen LogP contribution < -0.4 is 10.6 Å². The van der Waals surface area contributed by atoms with E-state index in [1.165, 1.54) is 43.4 Å².